The standard InChI is InChI=1S/C13H28N2O4S2/c1-4-7-14-12(2)13-6-5-8-15(11-13)21(18,19)10-9-20(3,16)17/h12-14H,4-11H2,1-3H3. The summed E-state index contributed by atoms with van der Waals surface area (Å²) in [5.41, 5.74) is 0. The average Bonchev–Trinajstić information content (AvgIpc) is 2.42. The fourth-order valence-corrected chi connectivity index (χ4v) is 5.70. The molecular weight excluding hydrogens is 312 g/mol. The van der Waals surface area contributed by atoms with Crippen molar-refractivity contribution in [1.82, 2.24) is 9.62 Å². The molecule has 21 heavy (non-hydrogen) atoms. The monoisotopic (exact) mass is 340 g/mol. The van der Waals surface area contributed by atoms with Gasteiger partial charge in [0.2, 0.25) is 10.0 Å². The zero-order valence-corrected chi connectivity index (χ0v) is 14.8. The van der Waals surface area contributed by atoms with E-state index in [4.69, 9.17) is 0 Å². The number of piperidine rings is 1. The third kappa shape index (κ3) is 6.63. The van der Waals surface area contributed by atoms with Gasteiger partial charge >= 0.3 is 0 Å². The van der Waals surface area contributed by atoms with E-state index >= 15 is 0 Å². The number of hydrogen-bond acceptors (Lipinski definition) is 5. The highest BCUT2D eigenvalue weighted by molar-refractivity contribution is 7.93. The summed E-state index contributed by atoms with van der Waals surface area (Å²) in [5.74, 6) is -0.326. The van der Waals surface area contributed by atoms with Crippen molar-refractivity contribution in [2.24, 2.45) is 5.92 Å². The predicted molar refractivity (Wildman–Crippen MR) is 85.6 cm³/mol. The van der Waals surface area contributed by atoms with E-state index < -0.39 is 19.9 Å². The zero-order chi connectivity index (χ0) is 16.1. The summed E-state index contributed by atoms with van der Waals surface area (Å²) in [4.78, 5) is 0. The summed E-state index contributed by atoms with van der Waals surface area (Å²) in [5, 5.41) is 3.41. The highest BCUT2D eigenvalue weighted by atomic mass is 32.2. The largest absolute Gasteiger partial charge is 0.314 e. The van der Waals surface area contributed by atoms with Crippen LogP contribution in [0.4, 0.5) is 0 Å². The Labute approximate surface area is 129 Å². The van der Waals surface area contributed by atoms with Crippen LogP contribution in [0.3, 0.4) is 0 Å². The maximum absolute atomic E-state index is 12.3. The first-order chi connectivity index (χ1) is 9.65. The van der Waals surface area contributed by atoms with Crippen molar-refractivity contribution in [2.75, 3.05) is 37.4 Å². The molecule has 1 aliphatic rings. The minimum atomic E-state index is -3.48. The second-order valence-electron chi connectivity index (χ2n) is 5.95. The lowest BCUT2D eigenvalue weighted by Crippen LogP contribution is -2.47. The molecule has 0 aromatic rings. The molecule has 1 rings (SSSR count). The Bertz CT molecular complexity index is 516. The van der Waals surface area contributed by atoms with Crippen LogP contribution in [0.25, 0.3) is 0 Å². The Kier molecular flexibility index (Phi) is 7.09. The van der Waals surface area contributed by atoms with Crippen LogP contribution < -0.4 is 5.32 Å². The van der Waals surface area contributed by atoms with Crippen molar-refractivity contribution in [2.45, 2.75) is 39.2 Å². The first-order valence-corrected chi connectivity index (χ1v) is 11.2. The Morgan fingerprint density at radius 2 is 1.90 bits per heavy atom. The van der Waals surface area contributed by atoms with E-state index in [-0.39, 0.29) is 17.5 Å². The van der Waals surface area contributed by atoms with Crippen LogP contribution in [0, 0.1) is 5.92 Å². The molecule has 0 aromatic heterocycles. The van der Waals surface area contributed by atoms with E-state index in [0.717, 1.165) is 32.1 Å². The first-order valence-electron chi connectivity index (χ1n) is 7.54. The maximum atomic E-state index is 12.3. The van der Waals surface area contributed by atoms with Gasteiger partial charge in [-0.25, -0.2) is 21.1 Å². The van der Waals surface area contributed by atoms with Crippen LogP contribution in [0.5, 0.6) is 0 Å². The van der Waals surface area contributed by atoms with Gasteiger partial charge in [0.05, 0.1) is 11.5 Å². The van der Waals surface area contributed by atoms with Gasteiger partial charge in [-0.3, -0.25) is 0 Å². The molecule has 6 nitrogen and oxygen atoms in total. The zero-order valence-electron chi connectivity index (χ0n) is 13.2. The molecule has 8 heteroatoms. The van der Waals surface area contributed by atoms with Crippen molar-refractivity contribution in [3.63, 3.8) is 0 Å². The SMILES string of the molecule is CCCNC(C)C1CCCN(S(=O)(=O)CCS(C)(=O)=O)C1. The molecule has 0 radical (unpaired) electrons. The van der Waals surface area contributed by atoms with Crippen LogP contribution in [0.1, 0.15) is 33.1 Å². The Morgan fingerprint density at radius 3 is 2.48 bits per heavy atom. The lowest BCUT2D eigenvalue weighted by Gasteiger charge is -2.35. The molecule has 0 saturated carbocycles. The summed E-state index contributed by atoms with van der Waals surface area (Å²) in [7, 11) is -6.73. The molecule has 126 valence electrons. The number of sulfonamides is 1. The molecule has 1 N–H and O–H groups in total. The molecule has 1 heterocycles. The molecule has 1 aliphatic heterocycles. The van der Waals surface area contributed by atoms with Crippen LogP contribution >= 0.6 is 0 Å². The van der Waals surface area contributed by atoms with Gasteiger partial charge in [-0.2, -0.15) is 0 Å². The molecule has 0 amide bonds. The number of rotatable bonds is 8. The summed E-state index contributed by atoms with van der Waals surface area (Å²) < 4.78 is 48.3. The van der Waals surface area contributed by atoms with Crippen LogP contribution in [0.2, 0.25) is 0 Å². The normalized spacial score (nSPS) is 23.1. The minimum Gasteiger partial charge on any atom is -0.314 e. The molecule has 0 aliphatic carbocycles. The fourth-order valence-electron chi connectivity index (χ4n) is 2.56. The number of hydrogen-bond donors (Lipinski definition) is 1. The lowest BCUT2D eigenvalue weighted by molar-refractivity contribution is 0.224. The second kappa shape index (κ2) is 7.89. The lowest BCUT2D eigenvalue weighted by atomic mass is 9.93. The van der Waals surface area contributed by atoms with Gasteiger partial charge in [-0.05, 0) is 38.6 Å². The molecule has 2 atom stereocenters. The number of nitrogens with zero attached hydrogens (tertiary/aromatic N) is 1. The third-order valence-electron chi connectivity index (χ3n) is 3.95. The molecule has 1 fully saturated rings. The van der Waals surface area contributed by atoms with Gasteiger partial charge in [-0.1, -0.05) is 6.92 Å². The summed E-state index contributed by atoms with van der Waals surface area (Å²) in [6.07, 6.45) is 3.96. The van der Waals surface area contributed by atoms with Gasteiger partial charge < -0.3 is 5.32 Å². The van der Waals surface area contributed by atoms with Gasteiger partial charge in [0.1, 0.15) is 9.84 Å². The van der Waals surface area contributed by atoms with E-state index in [1.54, 1.807) is 0 Å². The topological polar surface area (TPSA) is 83.6 Å². The van der Waals surface area contributed by atoms with Gasteiger partial charge in [0.25, 0.3) is 0 Å². The van der Waals surface area contributed by atoms with E-state index in [2.05, 4.69) is 19.2 Å². The minimum absolute atomic E-state index is 0.276. The van der Waals surface area contributed by atoms with Crippen molar-refractivity contribution >= 4 is 19.9 Å². The third-order valence-corrected chi connectivity index (χ3v) is 6.99. The van der Waals surface area contributed by atoms with E-state index in [1.165, 1.54) is 4.31 Å². The smallest absolute Gasteiger partial charge is 0.215 e. The van der Waals surface area contributed by atoms with Crippen molar-refractivity contribution in [3.05, 3.63) is 0 Å². The van der Waals surface area contributed by atoms with E-state index in [9.17, 15) is 16.8 Å². The summed E-state index contributed by atoms with van der Waals surface area (Å²) in [6.45, 7) is 6.11. The summed E-state index contributed by atoms with van der Waals surface area (Å²) >= 11 is 0. The molecule has 0 aromatic carbocycles. The number of nitrogens with one attached hydrogen (secondary N) is 1. The second-order valence-corrected chi connectivity index (χ2v) is 10.3. The molecule has 2 unspecified atom stereocenters. The van der Waals surface area contributed by atoms with E-state index in [0.29, 0.717) is 19.0 Å². The van der Waals surface area contributed by atoms with Crippen LogP contribution in [-0.2, 0) is 19.9 Å². The Balaban J connectivity index is 2.62. The molecule has 1 saturated heterocycles. The van der Waals surface area contributed by atoms with Gasteiger partial charge in [0.15, 0.2) is 0 Å². The van der Waals surface area contributed by atoms with Crippen molar-refractivity contribution in [1.29, 1.82) is 0 Å². The van der Waals surface area contributed by atoms with Gasteiger partial charge in [-0.15, -0.1) is 0 Å². The Hall–Kier alpha value is -0.180. The quantitative estimate of drug-likeness (QED) is 0.694. The summed E-state index contributed by atoms with van der Waals surface area (Å²) in [6, 6.07) is 0.276. The highest BCUT2D eigenvalue weighted by Crippen LogP contribution is 2.22. The fraction of sp³-hybridized carbons (Fsp3) is 1.00. The van der Waals surface area contributed by atoms with Crippen LogP contribution in [0.15, 0.2) is 0 Å². The maximum Gasteiger partial charge on any atom is 0.215 e. The molecular formula is C13H28N2O4S2. The van der Waals surface area contributed by atoms with E-state index in [1.807, 2.05) is 0 Å². The average molecular weight is 341 g/mol. The highest BCUT2D eigenvalue weighted by Gasteiger charge is 2.31. The van der Waals surface area contributed by atoms with Gasteiger partial charge in [0, 0.05) is 25.4 Å². The predicted octanol–water partition coefficient (Wildman–Crippen LogP) is 0.461. The van der Waals surface area contributed by atoms with Crippen molar-refractivity contribution in [3.8, 4) is 0 Å². The van der Waals surface area contributed by atoms with Crippen molar-refractivity contribution < 1.29 is 16.8 Å². The first kappa shape index (κ1) is 18.9. The number of sulfone groups is 1. The molecule has 0 spiro atoms. The molecule has 0 bridgehead atoms. The Morgan fingerprint density at radius 1 is 1.24 bits per heavy atom. The van der Waals surface area contributed by atoms with Crippen LogP contribution in [-0.4, -0.2) is 64.6 Å².